The van der Waals surface area contributed by atoms with Gasteiger partial charge in [-0.1, -0.05) is 30.3 Å². The van der Waals surface area contributed by atoms with Gasteiger partial charge < -0.3 is 18.9 Å². The van der Waals surface area contributed by atoms with Crippen LogP contribution in [0.25, 0.3) is 0 Å². The first-order valence-electron chi connectivity index (χ1n) is 8.62. The number of ketones is 1. The van der Waals surface area contributed by atoms with Gasteiger partial charge in [0.25, 0.3) is 0 Å². The Morgan fingerprint density at radius 3 is 1.88 bits per heavy atom. The average molecular weight is 364 g/mol. The van der Waals surface area contributed by atoms with Crippen molar-refractivity contribution in [1.82, 2.24) is 0 Å². The summed E-state index contributed by atoms with van der Waals surface area (Å²) in [7, 11) is 0. The van der Waals surface area contributed by atoms with E-state index in [0.29, 0.717) is 5.56 Å². The van der Waals surface area contributed by atoms with Gasteiger partial charge in [0.2, 0.25) is 0 Å². The molecular formula is C19H24O7. The molecule has 7 nitrogen and oxygen atoms in total. The standard InChI is InChI=1S/C19H24O7/c1-5-23-17(21)15-16(18(22)24-6-2)26-19(4,25-15)12(3)14(20)13-10-8-7-9-11-13/h7-12,15-16H,5-6H2,1-4H3/t12-,15+,16+/m0/s1. The largest absolute Gasteiger partial charge is 0.464 e. The third-order valence-corrected chi connectivity index (χ3v) is 4.27. The van der Waals surface area contributed by atoms with Gasteiger partial charge in [0.1, 0.15) is 0 Å². The summed E-state index contributed by atoms with van der Waals surface area (Å²) in [5.41, 5.74) is 0.487. The summed E-state index contributed by atoms with van der Waals surface area (Å²) >= 11 is 0. The topological polar surface area (TPSA) is 88.1 Å². The number of carbonyl (C=O) groups is 3. The average Bonchev–Trinajstić information content (AvgIpc) is 3.01. The predicted molar refractivity (Wildman–Crippen MR) is 91.4 cm³/mol. The van der Waals surface area contributed by atoms with Crippen LogP contribution in [0, 0.1) is 5.92 Å². The van der Waals surface area contributed by atoms with Gasteiger partial charge in [0.05, 0.1) is 19.1 Å². The van der Waals surface area contributed by atoms with E-state index in [4.69, 9.17) is 18.9 Å². The third-order valence-electron chi connectivity index (χ3n) is 4.27. The molecule has 1 saturated heterocycles. The lowest BCUT2D eigenvalue weighted by molar-refractivity contribution is -0.195. The van der Waals surface area contributed by atoms with E-state index in [-0.39, 0.29) is 19.0 Å². The van der Waals surface area contributed by atoms with E-state index in [1.807, 2.05) is 0 Å². The molecule has 0 aromatic heterocycles. The van der Waals surface area contributed by atoms with Gasteiger partial charge in [0, 0.05) is 5.56 Å². The monoisotopic (exact) mass is 364 g/mol. The van der Waals surface area contributed by atoms with Crippen molar-refractivity contribution >= 4 is 17.7 Å². The molecule has 1 aliphatic heterocycles. The fraction of sp³-hybridized carbons (Fsp3) is 0.526. The van der Waals surface area contributed by atoms with Crippen LogP contribution in [-0.4, -0.2) is 48.9 Å². The Balaban J connectivity index is 2.25. The predicted octanol–water partition coefficient (Wildman–Crippen LogP) is 2.13. The molecule has 0 N–H and O–H groups in total. The fourth-order valence-electron chi connectivity index (χ4n) is 2.74. The Labute approximate surface area is 152 Å². The summed E-state index contributed by atoms with van der Waals surface area (Å²) in [6.45, 7) is 6.71. The molecule has 3 atom stereocenters. The van der Waals surface area contributed by atoms with E-state index in [1.54, 1.807) is 51.1 Å². The number of esters is 2. The zero-order valence-electron chi connectivity index (χ0n) is 15.4. The molecule has 1 aromatic rings. The number of hydrogen-bond donors (Lipinski definition) is 0. The van der Waals surface area contributed by atoms with E-state index in [1.165, 1.54) is 6.92 Å². The summed E-state index contributed by atoms with van der Waals surface area (Å²) in [5, 5.41) is 0. The van der Waals surface area contributed by atoms with Crippen LogP contribution in [0.2, 0.25) is 0 Å². The molecular weight excluding hydrogens is 340 g/mol. The molecule has 142 valence electrons. The summed E-state index contributed by atoms with van der Waals surface area (Å²) in [5.74, 6) is -3.91. The van der Waals surface area contributed by atoms with Crippen LogP contribution in [0.15, 0.2) is 30.3 Å². The lowest BCUT2D eigenvalue weighted by Crippen LogP contribution is -2.40. The minimum atomic E-state index is -1.47. The summed E-state index contributed by atoms with van der Waals surface area (Å²) in [6.07, 6.45) is -2.57. The lowest BCUT2D eigenvalue weighted by Gasteiger charge is -2.29. The zero-order chi connectivity index (χ0) is 19.3. The molecule has 2 rings (SSSR count). The van der Waals surface area contributed by atoms with Crippen molar-refractivity contribution in [1.29, 1.82) is 0 Å². The van der Waals surface area contributed by atoms with E-state index in [9.17, 15) is 14.4 Å². The van der Waals surface area contributed by atoms with Gasteiger partial charge in [-0.15, -0.1) is 0 Å². The second-order valence-electron chi connectivity index (χ2n) is 6.05. The zero-order valence-corrected chi connectivity index (χ0v) is 15.4. The Bertz CT molecular complexity index is 629. The lowest BCUT2D eigenvalue weighted by atomic mass is 9.92. The molecule has 0 bridgehead atoms. The van der Waals surface area contributed by atoms with Crippen molar-refractivity contribution in [3.05, 3.63) is 35.9 Å². The van der Waals surface area contributed by atoms with Crippen molar-refractivity contribution in [3.8, 4) is 0 Å². The number of rotatable bonds is 7. The number of Topliss-reactive ketones (excluding diaryl/α,β-unsaturated/α-hetero) is 1. The first kappa shape index (κ1) is 20.1. The maximum absolute atomic E-state index is 12.7. The fourth-order valence-corrected chi connectivity index (χ4v) is 2.74. The smallest absolute Gasteiger partial charge is 0.338 e. The van der Waals surface area contributed by atoms with Crippen molar-refractivity contribution in [2.45, 2.75) is 45.7 Å². The first-order chi connectivity index (χ1) is 12.3. The summed E-state index contributed by atoms with van der Waals surface area (Å²) < 4.78 is 21.4. The molecule has 7 heteroatoms. The van der Waals surface area contributed by atoms with E-state index in [2.05, 4.69) is 0 Å². The molecule has 26 heavy (non-hydrogen) atoms. The van der Waals surface area contributed by atoms with E-state index in [0.717, 1.165) is 0 Å². The van der Waals surface area contributed by atoms with Crippen molar-refractivity contribution < 1.29 is 33.3 Å². The highest BCUT2D eigenvalue weighted by molar-refractivity contribution is 5.98. The molecule has 0 unspecified atom stereocenters. The van der Waals surface area contributed by atoms with Crippen LogP contribution in [0.5, 0.6) is 0 Å². The molecule has 0 amide bonds. The third kappa shape index (κ3) is 4.11. The minimum absolute atomic E-state index is 0.128. The van der Waals surface area contributed by atoms with Crippen LogP contribution >= 0.6 is 0 Å². The Morgan fingerprint density at radius 1 is 1.00 bits per heavy atom. The van der Waals surface area contributed by atoms with Crippen LogP contribution in [-0.2, 0) is 28.5 Å². The second-order valence-corrected chi connectivity index (χ2v) is 6.05. The normalized spacial score (nSPS) is 22.5. The van der Waals surface area contributed by atoms with E-state index < -0.39 is 35.9 Å². The van der Waals surface area contributed by atoms with Gasteiger partial charge in [-0.25, -0.2) is 9.59 Å². The minimum Gasteiger partial charge on any atom is -0.464 e. The second kappa shape index (κ2) is 8.42. The number of ether oxygens (including phenoxy) is 4. The molecule has 0 spiro atoms. The molecule has 1 heterocycles. The molecule has 0 radical (unpaired) electrons. The van der Waals surface area contributed by atoms with Crippen molar-refractivity contribution in [2.75, 3.05) is 13.2 Å². The van der Waals surface area contributed by atoms with Crippen LogP contribution in [0.1, 0.15) is 38.1 Å². The highest BCUT2D eigenvalue weighted by Crippen LogP contribution is 2.37. The van der Waals surface area contributed by atoms with Gasteiger partial charge in [-0.05, 0) is 27.7 Å². The number of hydrogen-bond acceptors (Lipinski definition) is 7. The molecule has 0 saturated carbocycles. The van der Waals surface area contributed by atoms with E-state index >= 15 is 0 Å². The summed E-state index contributed by atoms with van der Waals surface area (Å²) in [6, 6.07) is 8.67. The molecule has 0 aliphatic carbocycles. The highest BCUT2D eigenvalue weighted by Gasteiger charge is 2.56. The highest BCUT2D eigenvalue weighted by atomic mass is 16.8. The van der Waals surface area contributed by atoms with Gasteiger partial charge in [0.15, 0.2) is 23.8 Å². The molecule has 1 aromatic carbocycles. The van der Waals surface area contributed by atoms with Crippen LogP contribution in [0.4, 0.5) is 0 Å². The Hall–Kier alpha value is -2.25. The van der Waals surface area contributed by atoms with Crippen molar-refractivity contribution in [2.24, 2.45) is 5.92 Å². The maximum Gasteiger partial charge on any atom is 0.338 e. The number of carbonyl (C=O) groups excluding carboxylic acids is 3. The van der Waals surface area contributed by atoms with Gasteiger partial charge in [-0.3, -0.25) is 4.79 Å². The summed E-state index contributed by atoms with van der Waals surface area (Å²) in [4.78, 5) is 37.1. The van der Waals surface area contributed by atoms with Gasteiger partial charge in [-0.2, -0.15) is 0 Å². The van der Waals surface area contributed by atoms with Gasteiger partial charge >= 0.3 is 11.9 Å². The maximum atomic E-state index is 12.7. The Morgan fingerprint density at radius 2 is 1.46 bits per heavy atom. The number of benzene rings is 1. The Kier molecular flexibility index (Phi) is 6.50. The van der Waals surface area contributed by atoms with Crippen molar-refractivity contribution in [3.63, 3.8) is 0 Å². The van der Waals surface area contributed by atoms with Crippen LogP contribution < -0.4 is 0 Å². The quantitative estimate of drug-likeness (QED) is 0.541. The van der Waals surface area contributed by atoms with Crippen LogP contribution in [0.3, 0.4) is 0 Å². The SMILES string of the molecule is CCOC(=O)[C@@H]1OC(C)([C@@H](C)C(=O)c2ccccc2)O[C@H]1C(=O)OCC. The molecule has 1 aliphatic rings. The first-order valence-corrected chi connectivity index (χ1v) is 8.62. The molecule has 1 fully saturated rings.